The topological polar surface area (TPSA) is 124 Å². The first kappa shape index (κ1) is 38.8. The maximum atomic E-state index is 13.6. The van der Waals surface area contributed by atoms with Crippen molar-refractivity contribution < 1.29 is 33.6 Å². The van der Waals surface area contributed by atoms with E-state index in [-0.39, 0.29) is 40.0 Å². The molecule has 1 aliphatic carbocycles. The fourth-order valence-corrected chi connectivity index (χ4v) is 8.80. The first-order valence-corrected chi connectivity index (χ1v) is 19.6. The molecule has 3 heterocycles. The van der Waals surface area contributed by atoms with Crippen LogP contribution in [0.1, 0.15) is 87.3 Å². The lowest BCUT2D eigenvalue weighted by molar-refractivity contribution is -0.605. The number of hydrogen-bond donors (Lipinski definition) is 2. The Morgan fingerprint density at radius 1 is 1.00 bits per heavy atom. The number of carboxylic acids is 1. The normalized spacial score (nSPS) is 16.7. The van der Waals surface area contributed by atoms with Gasteiger partial charge in [0.15, 0.2) is 23.9 Å². The van der Waals surface area contributed by atoms with Gasteiger partial charge in [0.05, 0.1) is 19.8 Å². The van der Waals surface area contributed by atoms with E-state index in [1.807, 2.05) is 54.6 Å². The third kappa shape index (κ3) is 9.82. The van der Waals surface area contributed by atoms with Gasteiger partial charge in [-0.1, -0.05) is 59.6 Å². The highest BCUT2D eigenvalue weighted by Gasteiger charge is 2.30. The molecule has 13 heteroatoms. The minimum atomic E-state index is -1.09. The van der Waals surface area contributed by atoms with Crippen LogP contribution in [0.25, 0.3) is 0 Å². The van der Waals surface area contributed by atoms with Crippen LogP contribution in [0.15, 0.2) is 67.0 Å². The van der Waals surface area contributed by atoms with Gasteiger partial charge in [-0.15, -0.1) is 11.3 Å². The molecule has 0 bridgehead atoms. The number of rotatable bonds is 15. The number of ether oxygens (including phenoxy) is 3. The van der Waals surface area contributed by atoms with Crippen LogP contribution in [0.4, 0.5) is 0 Å². The van der Waals surface area contributed by atoms with Crippen molar-refractivity contribution in [3.63, 3.8) is 0 Å². The second kappa shape index (κ2) is 18.0. The molecular formula is C40H45Cl2N3O7S. The van der Waals surface area contributed by atoms with Crippen LogP contribution in [0.5, 0.6) is 11.5 Å². The van der Waals surface area contributed by atoms with E-state index < -0.39 is 17.9 Å². The summed E-state index contributed by atoms with van der Waals surface area (Å²) in [6.07, 6.45) is 8.76. The van der Waals surface area contributed by atoms with Gasteiger partial charge >= 0.3 is 11.9 Å². The molecular weight excluding hydrogens is 737 g/mol. The molecule has 2 N–H and O–H groups in total. The average molecular weight is 783 g/mol. The Kier molecular flexibility index (Phi) is 13.2. The Hall–Kier alpha value is -3.87. The zero-order valence-corrected chi connectivity index (χ0v) is 32.2. The molecule has 2 aromatic carbocycles. The fourth-order valence-electron chi connectivity index (χ4n) is 7.19. The fraction of sp³-hybridized carbons (Fsp3) is 0.425. The Balaban J connectivity index is 1.32. The lowest BCUT2D eigenvalue weighted by Crippen LogP contribution is -2.34. The molecule has 0 spiro atoms. The van der Waals surface area contributed by atoms with E-state index in [9.17, 15) is 19.9 Å². The van der Waals surface area contributed by atoms with Crippen LogP contribution in [0.3, 0.4) is 0 Å². The van der Waals surface area contributed by atoms with Gasteiger partial charge in [0.2, 0.25) is 0 Å². The van der Waals surface area contributed by atoms with E-state index in [4.69, 9.17) is 37.4 Å². The van der Waals surface area contributed by atoms with Crippen LogP contribution in [-0.2, 0) is 22.5 Å². The number of esters is 1. The Labute approximate surface area is 324 Å². The number of aromatic carboxylic acids is 1. The van der Waals surface area contributed by atoms with E-state index >= 15 is 0 Å². The number of carboxylic acid groups (broad SMARTS) is 1. The summed E-state index contributed by atoms with van der Waals surface area (Å²) < 4.78 is 18.5. The van der Waals surface area contributed by atoms with Crippen molar-refractivity contribution in [2.24, 2.45) is 5.92 Å². The molecule has 2 aliphatic rings. The first-order chi connectivity index (χ1) is 25.6. The predicted molar refractivity (Wildman–Crippen MR) is 205 cm³/mol. The van der Waals surface area contributed by atoms with Gasteiger partial charge in [-0.3, -0.25) is 5.32 Å². The largest absolute Gasteiger partial charge is 0.619 e. The van der Waals surface area contributed by atoms with Crippen molar-refractivity contribution in [2.75, 3.05) is 33.9 Å². The maximum absolute atomic E-state index is 13.6. The van der Waals surface area contributed by atoms with Gasteiger partial charge < -0.3 is 29.4 Å². The van der Waals surface area contributed by atoms with Gasteiger partial charge in [-0.2, -0.15) is 4.73 Å². The molecule has 2 atom stereocenters. The van der Waals surface area contributed by atoms with Crippen molar-refractivity contribution in [3.05, 3.63) is 114 Å². The number of carbonyl (C=O) groups excluding carboxylic acids is 1. The second-order valence-electron chi connectivity index (χ2n) is 13.9. The van der Waals surface area contributed by atoms with Crippen molar-refractivity contribution in [1.82, 2.24) is 10.2 Å². The molecule has 1 saturated carbocycles. The number of benzene rings is 2. The number of methoxy groups -OCH3 is 1. The molecule has 0 amide bonds. The zero-order chi connectivity index (χ0) is 37.5. The van der Waals surface area contributed by atoms with Crippen molar-refractivity contribution in [2.45, 2.75) is 69.6 Å². The Morgan fingerprint density at radius 3 is 2.36 bits per heavy atom. The number of aromatic nitrogens is 1. The number of nitrogens with zero attached hydrogens (tertiary/aromatic N) is 2. The lowest BCUT2D eigenvalue weighted by Gasteiger charge is -2.29. The van der Waals surface area contributed by atoms with E-state index in [1.165, 1.54) is 12.4 Å². The maximum Gasteiger partial charge on any atom is 0.346 e. The SMILES string of the molecule is COc1ccc(C(Cc2c(Cl)c[n+]([O-])cc2Cl)c2cc(CNC(C(=O)OCC3CCN(C)CC3)c3ccccc3)sc2C(=O)O)cc1OC1CCCC1. The molecule has 10 nitrogen and oxygen atoms in total. The number of carbonyl (C=O) groups is 2. The third-order valence-electron chi connectivity index (χ3n) is 10.2. The molecule has 53 heavy (non-hydrogen) atoms. The summed E-state index contributed by atoms with van der Waals surface area (Å²) in [5, 5.41) is 26.4. The van der Waals surface area contributed by atoms with Crippen LogP contribution in [0, 0.1) is 11.1 Å². The van der Waals surface area contributed by atoms with Crippen molar-refractivity contribution >= 4 is 46.5 Å². The smallest absolute Gasteiger partial charge is 0.346 e. The summed E-state index contributed by atoms with van der Waals surface area (Å²) in [5.41, 5.74) is 2.58. The Morgan fingerprint density at radius 2 is 1.70 bits per heavy atom. The number of likely N-dealkylation sites (tertiary alicyclic amines) is 1. The first-order valence-electron chi connectivity index (χ1n) is 18.0. The zero-order valence-electron chi connectivity index (χ0n) is 29.9. The highest BCUT2D eigenvalue weighted by molar-refractivity contribution is 7.14. The minimum absolute atomic E-state index is 0.0603. The van der Waals surface area contributed by atoms with E-state index in [1.54, 1.807) is 7.11 Å². The average Bonchev–Trinajstić information content (AvgIpc) is 3.82. The van der Waals surface area contributed by atoms with Crippen LogP contribution >= 0.6 is 34.5 Å². The number of nitrogens with one attached hydrogen (secondary N) is 1. The van der Waals surface area contributed by atoms with E-state index in [2.05, 4.69) is 17.3 Å². The minimum Gasteiger partial charge on any atom is -0.619 e. The number of hydrogen-bond acceptors (Lipinski definition) is 9. The number of thiophene rings is 1. The van der Waals surface area contributed by atoms with Crippen molar-refractivity contribution in [3.8, 4) is 11.5 Å². The predicted octanol–water partition coefficient (Wildman–Crippen LogP) is 7.81. The van der Waals surface area contributed by atoms with Gasteiger partial charge in [0.1, 0.15) is 21.0 Å². The Bertz CT molecular complexity index is 1850. The molecule has 2 unspecified atom stereocenters. The number of pyridine rings is 1. The number of halogens is 2. The summed E-state index contributed by atoms with van der Waals surface area (Å²) >= 11 is 14.3. The molecule has 0 radical (unpaired) electrons. The summed E-state index contributed by atoms with van der Waals surface area (Å²) in [7, 11) is 3.68. The highest BCUT2D eigenvalue weighted by atomic mass is 35.5. The van der Waals surface area contributed by atoms with E-state index in [0.717, 1.165) is 74.1 Å². The molecule has 2 aromatic heterocycles. The van der Waals surface area contributed by atoms with Gasteiger partial charge in [0.25, 0.3) is 0 Å². The van der Waals surface area contributed by atoms with Crippen molar-refractivity contribution in [1.29, 1.82) is 0 Å². The van der Waals surface area contributed by atoms with Crippen LogP contribution < -0.4 is 19.5 Å². The third-order valence-corrected chi connectivity index (χ3v) is 12.0. The molecule has 282 valence electrons. The molecule has 2 fully saturated rings. The summed E-state index contributed by atoms with van der Waals surface area (Å²) in [6, 6.07) is 16.1. The van der Waals surface area contributed by atoms with Gasteiger partial charge in [0, 0.05) is 22.9 Å². The summed E-state index contributed by atoms with van der Waals surface area (Å²) in [4.78, 5) is 29.6. The second-order valence-corrected chi connectivity index (χ2v) is 15.8. The standard InChI is InChI=1S/C40H45Cl2N3O7S/c1-44-16-14-25(15-17-44)24-51-40(48)37(26-8-4-3-5-9-26)43-21-29-19-31(38(53-29)39(46)47)30(20-32-33(41)22-45(49)23-34(32)42)27-12-13-35(50-2)36(18-27)52-28-10-6-7-11-28/h3-5,8-9,12-13,18-19,22-23,25,28,30,37,43H,6-7,10-11,14-17,20-21,24H2,1-2H3,(H,46,47). The summed E-state index contributed by atoms with van der Waals surface area (Å²) in [5.74, 6) is -0.551. The lowest BCUT2D eigenvalue weighted by atomic mass is 9.85. The molecule has 6 rings (SSSR count). The monoisotopic (exact) mass is 781 g/mol. The molecule has 1 saturated heterocycles. The van der Waals surface area contributed by atoms with Crippen LogP contribution in [-0.4, -0.2) is 61.9 Å². The van der Waals surface area contributed by atoms with Gasteiger partial charge in [-0.25, -0.2) is 9.59 Å². The highest BCUT2D eigenvalue weighted by Crippen LogP contribution is 2.42. The quantitative estimate of drug-likeness (QED) is 0.0706. The molecule has 4 aromatic rings. The van der Waals surface area contributed by atoms with E-state index in [0.29, 0.717) is 44.8 Å². The van der Waals surface area contributed by atoms with Crippen LogP contribution in [0.2, 0.25) is 10.0 Å². The molecule has 1 aliphatic heterocycles. The van der Waals surface area contributed by atoms with Gasteiger partial charge in [-0.05, 0) is 106 Å². The number of piperidine rings is 1. The summed E-state index contributed by atoms with van der Waals surface area (Å²) in [6.45, 7) is 2.52.